The second kappa shape index (κ2) is 6.29. The first kappa shape index (κ1) is 15.5. The topological polar surface area (TPSA) is 88.7 Å². The molecule has 1 amide bonds. The van der Waals surface area contributed by atoms with Crippen LogP contribution in [-0.4, -0.2) is 52.2 Å². The summed E-state index contributed by atoms with van der Waals surface area (Å²) in [5.41, 5.74) is 0. The SMILES string of the molecule is O=C(O)N1CCC(c2nnc(COCC(F)(F)F)o2)CC1. The van der Waals surface area contributed by atoms with Gasteiger partial charge in [0.15, 0.2) is 0 Å². The molecule has 1 saturated heterocycles. The summed E-state index contributed by atoms with van der Waals surface area (Å²) in [5, 5.41) is 16.2. The molecule has 2 rings (SSSR count). The molecule has 0 atom stereocenters. The minimum atomic E-state index is -4.40. The first-order valence-electron chi connectivity index (χ1n) is 6.30. The smallest absolute Gasteiger partial charge is 0.411 e. The van der Waals surface area contributed by atoms with Crippen LogP contribution in [0.5, 0.6) is 0 Å². The lowest BCUT2D eigenvalue weighted by Crippen LogP contribution is -2.36. The van der Waals surface area contributed by atoms with Crippen molar-refractivity contribution in [3.05, 3.63) is 11.8 Å². The Morgan fingerprint density at radius 1 is 1.38 bits per heavy atom. The first-order chi connectivity index (χ1) is 9.85. The highest BCUT2D eigenvalue weighted by Crippen LogP contribution is 2.27. The van der Waals surface area contributed by atoms with E-state index in [1.165, 1.54) is 4.90 Å². The molecule has 1 aliphatic heterocycles. The van der Waals surface area contributed by atoms with Gasteiger partial charge >= 0.3 is 12.3 Å². The Morgan fingerprint density at radius 3 is 2.62 bits per heavy atom. The van der Waals surface area contributed by atoms with Crippen molar-refractivity contribution in [1.29, 1.82) is 0 Å². The van der Waals surface area contributed by atoms with Crippen molar-refractivity contribution in [2.75, 3.05) is 19.7 Å². The van der Waals surface area contributed by atoms with Crippen LogP contribution < -0.4 is 0 Å². The Morgan fingerprint density at radius 2 is 2.05 bits per heavy atom. The van der Waals surface area contributed by atoms with Gasteiger partial charge < -0.3 is 19.2 Å². The van der Waals surface area contributed by atoms with E-state index in [2.05, 4.69) is 14.9 Å². The van der Waals surface area contributed by atoms with E-state index < -0.39 is 25.5 Å². The lowest BCUT2D eigenvalue weighted by atomic mass is 9.97. The van der Waals surface area contributed by atoms with Gasteiger partial charge in [-0.25, -0.2) is 4.79 Å². The largest absolute Gasteiger partial charge is 0.465 e. The van der Waals surface area contributed by atoms with E-state index in [9.17, 15) is 18.0 Å². The lowest BCUT2D eigenvalue weighted by Gasteiger charge is -2.27. The molecule has 0 saturated carbocycles. The highest BCUT2D eigenvalue weighted by atomic mass is 19.4. The predicted octanol–water partition coefficient (Wildman–Crippen LogP) is 2.01. The van der Waals surface area contributed by atoms with E-state index >= 15 is 0 Å². The molecule has 118 valence electrons. The van der Waals surface area contributed by atoms with Crippen molar-refractivity contribution in [1.82, 2.24) is 15.1 Å². The quantitative estimate of drug-likeness (QED) is 0.915. The van der Waals surface area contributed by atoms with Crippen LogP contribution in [0.25, 0.3) is 0 Å². The van der Waals surface area contributed by atoms with Crippen LogP contribution in [0.1, 0.15) is 30.5 Å². The number of aromatic nitrogens is 2. The second-order valence-corrected chi connectivity index (χ2v) is 4.69. The van der Waals surface area contributed by atoms with Gasteiger partial charge in [0.25, 0.3) is 0 Å². The van der Waals surface area contributed by atoms with Crippen molar-refractivity contribution in [2.45, 2.75) is 31.5 Å². The number of halogens is 3. The minimum absolute atomic E-state index is 0.0186. The first-order valence-corrected chi connectivity index (χ1v) is 6.30. The van der Waals surface area contributed by atoms with Gasteiger partial charge in [0.2, 0.25) is 11.8 Å². The number of hydrogen-bond donors (Lipinski definition) is 1. The molecule has 2 heterocycles. The molecule has 0 bridgehead atoms. The number of likely N-dealkylation sites (tertiary alicyclic amines) is 1. The molecule has 1 fully saturated rings. The van der Waals surface area contributed by atoms with Crippen molar-refractivity contribution >= 4 is 6.09 Å². The number of ether oxygens (including phenoxy) is 1. The average Bonchev–Trinajstić information content (AvgIpc) is 2.86. The number of nitrogens with zero attached hydrogens (tertiary/aromatic N) is 3. The summed E-state index contributed by atoms with van der Waals surface area (Å²) in [6.07, 6.45) is -4.29. The zero-order valence-electron chi connectivity index (χ0n) is 11.0. The Kier molecular flexibility index (Phi) is 4.66. The fraction of sp³-hybridized carbons (Fsp3) is 0.727. The van der Waals surface area contributed by atoms with Crippen LogP contribution in [0, 0.1) is 0 Å². The van der Waals surface area contributed by atoms with Crippen LogP contribution in [-0.2, 0) is 11.3 Å². The lowest BCUT2D eigenvalue weighted by molar-refractivity contribution is -0.177. The molecule has 0 aromatic carbocycles. The Balaban J connectivity index is 1.82. The zero-order valence-corrected chi connectivity index (χ0v) is 11.0. The maximum absolute atomic E-state index is 11.9. The van der Waals surface area contributed by atoms with Gasteiger partial charge in [0, 0.05) is 19.0 Å². The predicted molar refractivity (Wildman–Crippen MR) is 61.6 cm³/mol. The summed E-state index contributed by atoms with van der Waals surface area (Å²) in [7, 11) is 0. The molecule has 1 N–H and O–H groups in total. The van der Waals surface area contributed by atoms with Gasteiger partial charge in [0.05, 0.1) is 0 Å². The van der Waals surface area contributed by atoms with E-state index in [1.54, 1.807) is 0 Å². The van der Waals surface area contributed by atoms with Crippen LogP contribution in [0.4, 0.5) is 18.0 Å². The number of carbonyl (C=O) groups is 1. The Hall–Kier alpha value is -1.84. The number of hydrogen-bond acceptors (Lipinski definition) is 5. The Bertz CT molecular complexity index is 483. The van der Waals surface area contributed by atoms with Gasteiger partial charge in [-0.1, -0.05) is 0 Å². The molecule has 21 heavy (non-hydrogen) atoms. The molecule has 10 heteroatoms. The van der Waals surface area contributed by atoms with Gasteiger partial charge in [-0.3, -0.25) is 0 Å². The van der Waals surface area contributed by atoms with Gasteiger partial charge in [-0.05, 0) is 12.8 Å². The van der Waals surface area contributed by atoms with Crippen molar-refractivity contribution in [3.8, 4) is 0 Å². The number of piperidine rings is 1. The van der Waals surface area contributed by atoms with Gasteiger partial charge in [0.1, 0.15) is 13.2 Å². The fourth-order valence-corrected chi connectivity index (χ4v) is 2.06. The van der Waals surface area contributed by atoms with Gasteiger partial charge in [-0.15, -0.1) is 10.2 Å². The monoisotopic (exact) mass is 309 g/mol. The van der Waals surface area contributed by atoms with E-state index in [4.69, 9.17) is 9.52 Å². The van der Waals surface area contributed by atoms with Crippen molar-refractivity contribution < 1.29 is 32.2 Å². The molecular weight excluding hydrogens is 295 g/mol. The van der Waals surface area contributed by atoms with Gasteiger partial charge in [-0.2, -0.15) is 13.2 Å². The van der Waals surface area contributed by atoms with E-state index in [-0.39, 0.29) is 11.8 Å². The van der Waals surface area contributed by atoms with Crippen LogP contribution in [0.15, 0.2) is 4.42 Å². The van der Waals surface area contributed by atoms with Crippen LogP contribution in [0.3, 0.4) is 0 Å². The number of alkyl halides is 3. The fourth-order valence-electron chi connectivity index (χ4n) is 2.06. The van der Waals surface area contributed by atoms with Crippen molar-refractivity contribution in [3.63, 3.8) is 0 Å². The second-order valence-electron chi connectivity index (χ2n) is 4.69. The molecule has 1 aliphatic rings. The zero-order chi connectivity index (χ0) is 15.5. The molecule has 1 aromatic rings. The molecule has 7 nitrogen and oxygen atoms in total. The summed E-state index contributed by atoms with van der Waals surface area (Å²) < 4.78 is 45.4. The van der Waals surface area contributed by atoms with E-state index in [0.29, 0.717) is 31.8 Å². The summed E-state index contributed by atoms with van der Waals surface area (Å²) in [4.78, 5) is 12.1. The third-order valence-electron chi connectivity index (χ3n) is 3.09. The summed E-state index contributed by atoms with van der Waals surface area (Å²) >= 11 is 0. The molecule has 0 spiro atoms. The third-order valence-corrected chi connectivity index (χ3v) is 3.09. The summed E-state index contributed by atoms with van der Waals surface area (Å²) in [5.74, 6) is 0.213. The Labute approximate surface area is 117 Å². The minimum Gasteiger partial charge on any atom is -0.465 e. The summed E-state index contributed by atoms with van der Waals surface area (Å²) in [6, 6.07) is 0. The highest BCUT2D eigenvalue weighted by Gasteiger charge is 2.29. The highest BCUT2D eigenvalue weighted by molar-refractivity contribution is 5.65. The maximum Gasteiger partial charge on any atom is 0.411 e. The summed E-state index contributed by atoms with van der Waals surface area (Å²) in [6.45, 7) is -1.05. The van der Waals surface area contributed by atoms with Crippen molar-refractivity contribution in [2.24, 2.45) is 0 Å². The molecule has 0 aliphatic carbocycles. The normalized spacial score (nSPS) is 17.2. The van der Waals surface area contributed by atoms with Crippen LogP contribution in [0.2, 0.25) is 0 Å². The number of carboxylic acid groups (broad SMARTS) is 1. The van der Waals surface area contributed by atoms with E-state index in [0.717, 1.165) is 0 Å². The molecule has 0 radical (unpaired) electrons. The molecular formula is C11H14F3N3O4. The molecule has 0 unspecified atom stereocenters. The standard InChI is InChI=1S/C11H14F3N3O4/c12-11(13,14)6-20-5-8-15-16-9(21-8)7-1-3-17(4-2-7)10(18)19/h7H,1-6H2,(H,18,19). The molecule has 1 aromatic heterocycles. The van der Waals surface area contributed by atoms with Crippen LogP contribution >= 0.6 is 0 Å². The number of rotatable bonds is 4. The number of amides is 1. The van der Waals surface area contributed by atoms with E-state index in [1.807, 2.05) is 0 Å². The average molecular weight is 309 g/mol. The maximum atomic E-state index is 11.9. The third kappa shape index (κ3) is 4.59.